The maximum Gasteiger partial charge on any atom is 0.0937 e. The summed E-state index contributed by atoms with van der Waals surface area (Å²) in [5, 5.41) is 3.58. The van der Waals surface area contributed by atoms with E-state index >= 15 is 0 Å². The van der Waals surface area contributed by atoms with Crippen LogP contribution in [-0.4, -0.2) is 12.6 Å². The first kappa shape index (κ1) is 11.7. The van der Waals surface area contributed by atoms with Gasteiger partial charge in [0.05, 0.1) is 12.5 Å². The van der Waals surface area contributed by atoms with Crippen molar-refractivity contribution in [3.63, 3.8) is 0 Å². The summed E-state index contributed by atoms with van der Waals surface area (Å²) < 4.78 is 5.22. The quantitative estimate of drug-likeness (QED) is 0.841. The molecular formula is C14H23NO. The maximum atomic E-state index is 5.22. The molecule has 1 aromatic heterocycles. The normalized spacial score (nSPS) is 26.2. The molecule has 1 aromatic rings. The van der Waals surface area contributed by atoms with Crippen LogP contribution in [0, 0.1) is 5.92 Å². The molecule has 0 aliphatic heterocycles. The molecule has 0 bridgehead atoms. The lowest BCUT2D eigenvalue weighted by atomic mass is 9.76. The van der Waals surface area contributed by atoms with E-state index in [1.54, 1.807) is 6.26 Å². The molecular weight excluding hydrogens is 198 g/mol. The molecule has 0 amide bonds. The van der Waals surface area contributed by atoms with Crippen LogP contribution in [0.4, 0.5) is 0 Å². The minimum atomic E-state index is 0.590. The fourth-order valence-corrected chi connectivity index (χ4v) is 2.76. The molecule has 2 rings (SSSR count). The van der Waals surface area contributed by atoms with E-state index in [0.717, 1.165) is 12.5 Å². The van der Waals surface area contributed by atoms with Crippen molar-refractivity contribution < 1.29 is 4.42 Å². The van der Waals surface area contributed by atoms with Crippen molar-refractivity contribution in [3.05, 3.63) is 24.2 Å². The van der Waals surface area contributed by atoms with Crippen LogP contribution in [0.15, 0.2) is 23.0 Å². The summed E-state index contributed by atoms with van der Waals surface area (Å²) in [5.41, 5.74) is 1.40. The lowest BCUT2D eigenvalue weighted by molar-refractivity contribution is 0.288. The second-order valence-corrected chi connectivity index (χ2v) is 5.27. The van der Waals surface area contributed by atoms with Crippen molar-refractivity contribution >= 4 is 0 Å². The number of nitrogens with one attached hydrogen (secondary N) is 1. The SMILES string of the molecule is CC(C)NCC1CCCCC1c1ccoc1. The van der Waals surface area contributed by atoms with Crippen LogP contribution in [0.3, 0.4) is 0 Å². The van der Waals surface area contributed by atoms with Crippen LogP contribution in [0.25, 0.3) is 0 Å². The Morgan fingerprint density at radius 2 is 2.19 bits per heavy atom. The van der Waals surface area contributed by atoms with Crippen molar-refractivity contribution in [2.45, 2.75) is 51.5 Å². The third-order valence-corrected chi connectivity index (χ3v) is 3.67. The highest BCUT2D eigenvalue weighted by atomic mass is 16.3. The van der Waals surface area contributed by atoms with Gasteiger partial charge < -0.3 is 9.73 Å². The molecule has 1 N–H and O–H groups in total. The van der Waals surface area contributed by atoms with Gasteiger partial charge in [-0.3, -0.25) is 0 Å². The minimum absolute atomic E-state index is 0.590. The molecule has 90 valence electrons. The van der Waals surface area contributed by atoms with Crippen molar-refractivity contribution in [1.82, 2.24) is 5.32 Å². The van der Waals surface area contributed by atoms with E-state index in [4.69, 9.17) is 4.42 Å². The second-order valence-electron chi connectivity index (χ2n) is 5.27. The second kappa shape index (κ2) is 5.53. The molecule has 1 aliphatic carbocycles. The first-order valence-corrected chi connectivity index (χ1v) is 6.53. The van der Waals surface area contributed by atoms with Gasteiger partial charge in [-0.25, -0.2) is 0 Å². The van der Waals surface area contributed by atoms with Gasteiger partial charge in [0.2, 0.25) is 0 Å². The highest BCUT2D eigenvalue weighted by molar-refractivity contribution is 5.14. The monoisotopic (exact) mass is 221 g/mol. The summed E-state index contributed by atoms with van der Waals surface area (Å²) >= 11 is 0. The summed E-state index contributed by atoms with van der Waals surface area (Å²) in [5.74, 6) is 1.49. The summed E-state index contributed by atoms with van der Waals surface area (Å²) in [6.07, 6.45) is 9.17. The standard InChI is InChI=1S/C14H23NO/c1-11(2)15-9-12-5-3-4-6-14(12)13-7-8-16-10-13/h7-8,10-12,14-15H,3-6,9H2,1-2H3. The Kier molecular flexibility index (Phi) is 4.05. The molecule has 2 unspecified atom stereocenters. The van der Waals surface area contributed by atoms with Crippen molar-refractivity contribution in [2.24, 2.45) is 5.92 Å². The van der Waals surface area contributed by atoms with Gasteiger partial charge in [0.1, 0.15) is 0 Å². The van der Waals surface area contributed by atoms with Crippen LogP contribution < -0.4 is 5.32 Å². The van der Waals surface area contributed by atoms with E-state index in [2.05, 4.69) is 25.2 Å². The Bertz CT molecular complexity index is 292. The third-order valence-electron chi connectivity index (χ3n) is 3.67. The fraction of sp³-hybridized carbons (Fsp3) is 0.714. The van der Waals surface area contributed by atoms with Gasteiger partial charge in [-0.1, -0.05) is 26.7 Å². The Morgan fingerprint density at radius 1 is 1.38 bits per heavy atom. The molecule has 2 atom stereocenters. The van der Waals surface area contributed by atoms with E-state index in [1.807, 2.05) is 6.26 Å². The van der Waals surface area contributed by atoms with E-state index in [1.165, 1.54) is 31.2 Å². The van der Waals surface area contributed by atoms with E-state index < -0.39 is 0 Å². The van der Waals surface area contributed by atoms with E-state index in [0.29, 0.717) is 12.0 Å². The van der Waals surface area contributed by atoms with E-state index in [9.17, 15) is 0 Å². The van der Waals surface area contributed by atoms with Gasteiger partial charge in [0.15, 0.2) is 0 Å². The van der Waals surface area contributed by atoms with Crippen LogP contribution in [0.5, 0.6) is 0 Å². The highest BCUT2D eigenvalue weighted by Gasteiger charge is 2.26. The molecule has 1 heterocycles. The predicted octanol–water partition coefficient (Wildman–Crippen LogP) is 3.55. The largest absolute Gasteiger partial charge is 0.472 e. The number of rotatable bonds is 4. The maximum absolute atomic E-state index is 5.22. The molecule has 1 aliphatic rings. The van der Waals surface area contributed by atoms with Gasteiger partial charge in [0.25, 0.3) is 0 Å². The molecule has 16 heavy (non-hydrogen) atoms. The topological polar surface area (TPSA) is 25.2 Å². The van der Waals surface area contributed by atoms with Gasteiger partial charge in [-0.15, -0.1) is 0 Å². The molecule has 0 radical (unpaired) electrons. The zero-order chi connectivity index (χ0) is 11.4. The summed E-state index contributed by atoms with van der Waals surface area (Å²) in [6, 6.07) is 2.73. The zero-order valence-corrected chi connectivity index (χ0v) is 10.4. The number of furan rings is 1. The highest BCUT2D eigenvalue weighted by Crippen LogP contribution is 2.37. The Morgan fingerprint density at radius 3 is 2.88 bits per heavy atom. The van der Waals surface area contributed by atoms with E-state index in [-0.39, 0.29) is 0 Å². The molecule has 1 saturated carbocycles. The molecule has 1 fully saturated rings. The Balaban J connectivity index is 1.97. The molecule has 2 heteroatoms. The Hall–Kier alpha value is -0.760. The first-order chi connectivity index (χ1) is 7.77. The van der Waals surface area contributed by atoms with Crippen molar-refractivity contribution in [1.29, 1.82) is 0 Å². The third kappa shape index (κ3) is 2.88. The van der Waals surface area contributed by atoms with Crippen LogP contribution in [0.2, 0.25) is 0 Å². The summed E-state index contributed by atoms with van der Waals surface area (Å²) in [7, 11) is 0. The number of hydrogen-bond donors (Lipinski definition) is 1. The van der Waals surface area contributed by atoms with Crippen molar-refractivity contribution in [3.8, 4) is 0 Å². The Labute approximate surface area is 98.4 Å². The summed E-state index contributed by atoms with van der Waals surface area (Å²) in [6.45, 7) is 5.58. The fourth-order valence-electron chi connectivity index (χ4n) is 2.76. The smallest absolute Gasteiger partial charge is 0.0937 e. The predicted molar refractivity (Wildman–Crippen MR) is 66.5 cm³/mol. The van der Waals surface area contributed by atoms with Crippen LogP contribution in [-0.2, 0) is 0 Å². The lowest BCUT2D eigenvalue weighted by Crippen LogP contribution is -2.33. The zero-order valence-electron chi connectivity index (χ0n) is 10.4. The van der Waals surface area contributed by atoms with Crippen molar-refractivity contribution in [2.75, 3.05) is 6.54 Å². The van der Waals surface area contributed by atoms with Gasteiger partial charge in [-0.05, 0) is 42.9 Å². The first-order valence-electron chi connectivity index (χ1n) is 6.53. The van der Waals surface area contributed by atoms with Gasteiger partial charge in [-0.2, -0.15) is 0 Å². The number of hydrogen-bond acceptors (Lipinski definition) is 2. The van der Waals surface area contributed by atoms with Crippen LogP contribution in [0.1, 0.15) is 51.0 Å². The average molecular weight is 221 g/mol. The summed E-state index contributed by atoms with van der Waals surface area (Å²) in [4.78, 5) is 0. The minimum Gasteiger partial charge on any atom is -0.472 e. The van der Waals surface area contributed by atoms with Crippen LogP contribution >= 0.6 is 0 Å². The molecule has 0 spiro atoms. The van der Waals surface area contributed by atoms with Gasteiger partial charge in [0, 0.05) is 6.04 Å². The lowest BCUT2D eigenvalue weighted by Gasteiger charge is -2.31. The molecule has 0 saturated heterocycles. The molecule has 2 nitrogen and oxygen atoms in total. The van der Waals surface area contributed by atoms with Gasteiger partial charge >= 0.3 is 0 Å². The molecule has 0 aromatic carbocycles. The average Bonchev–Trinajstić information content (AvgIpc) is 2.80.